The van der Waals surface area contributed by atoms with E-state index in [0.717, 1.165) is 19.4 Å². The van der Waals surface area contributed by atoms with Crippen molar-refractivity contribution >= 4 is 28.9 Å². The van der Waals surface area contributed by atoms with E-state index in [2.05, 4.69) is 12.2 Å². The molecule has 1 rings (SSSR count). The number of rotatable bonds is 9. The number of unbranched alkanes of at least 4 members (excludes halogenated alkanes) is 1. The molecular formula is C14H21ClN2O3. The van der Waals surface area contributed by atoms with E-state index in [1.165, 1.54) is 0 Å². The van der Waals surface area contributed by atoms with Crippen molar-refractivity contribution in [2.24, 2.45) is 0 Å². The molecule has 0 saturated heterocycles. The molecule has 0 radical (unpaired) electrons. The van der Waals surface area contributed by atoms with Gasteiger partial charge in [-0.1, -0.05) is 24.9 Å². The first kappa shape index (κ1) is 16.8. The summed E-state index contributed by atoms with van der Waals surface area (Å²) in [4.78, 5) is 11.6. The van der Waals surface area contributed by atoms with E-state index in [4.69, 9.17) is 26.8 Å². The highest BCUT2D eigenvalue weighted by molar-refractivity contribution is 6.33. The van der Waals surface area contributed by atoms with Gasteiger partial charge in [-0.05, 0) is 24.6 Å². The van der Waals surface area contributed by atoms with Crippen LogP contribution < -0.4 is 11.1 Å². The second-order valence-electron chi connectivity index (χ2n) is 4.31. The van der Waals surface area contributed by atoms with Crippen molar-refractivity contribution in [3.63, 3.8) is 0 Å². The molecule has 0 aliphatic rings. The number of carbonyl (C=O) groups excluding carboxylic acids is 1. The third-order valence-corrected chi connectivity index (χ3v) is 2.84. The Balaban J connectivity index is 2.19. The Hall–Kier alpha value is -1.30. The van der Waals surface area contributed by atoms with Gasteiger partial charge in [0.05, 0.1) is 23.9 Å². The van der Waals surface area contributed by atoms with Crippen LogP contribution in [0.25, 0.3) is 0 Å². The summed E-state index contributed by atoms with van der Waals surface area (Å²) in [5, 5.41) is 3.09. The largest absolute Gasteiger partial charge is 0.399 e. The van der Waals surface area contributed by atoms with Gasteiger partial charge in [0.2, 0.25) is 5.91 Å². The molecule has 0 heterocycles. The van der Waals surface area contributed by atoms with Crippen molar-refractivity contribution < 1.29 is 14.3 Å². The standard InChI is InChI=1S/C14H21ClN2O3/c1-2-3-6-19-7-8-20-10-14(18)17-13-9-11(16)4-5-12(13)15/h4-5,9H,2-3,6-8,10,16H2,1H3,(H,17,18). The molecular weight excluding hydrogens is 280 g/mol. The summed E-state index contributed by atoms with van der Waals surface area (Å²) < 4.78 is 10.5. The van der Waals surface area contributed by atoms with Crippen LogP contribution in [0.4, 0.5) is 11.4 Å². The SMILES string of the molecule is CCCCOCCOCC(=O)Nc1cc(N)ccc1Cl. The molecule has 1 aromatic carbocycles. The van der Waals surface area contributed by atoms with Crippen molar-refractivity contribution in [1.29, 1.82) is 0 Å². The number of amides is 1. The van der Waals surface area contributed by atoms with Crippen LogP contribution in [-0.2, 0) is 14.3 Å². The summed E-state index contributed by atoms with van der Waals surface area (Å²) >= 11 is 5.94. The Bertz CT molecular complexity index is 427. The number of nitrogens with two attached hydrogens (primary N) is 1. The van der Waals surface area contributed by atoms with Crippen LogP contribution in [0.5, 0.6) is 0 Å². The van der Waals surface area contributed by atoms with Crippen LogP contribution in [0.15, 0.2) is 18.2 Å². The predicted octanol–water partition coefficient (Wildman–Crippen LogP) is 2.69. The van der Waals surface area contributed by atoms with Gasteiger partial charge in [0.1, 0.15) is 6.61 Å². The fourth-order valence-electron chi connectivity index (χ4n) is 1.46. The number of hydrogen-bond acceptors (Lipinski definition) is 4. The Morgan fingerprint density at radius 1 is 1.30 bits per heavy atom. The van der Waals surface area contributed by atoms with Gasteiger partial charge in [0, 0.05) is 12.3 Å². The minimum atomic E-state index is -0.272. The second kappa shape index (κ2) is 9.58. The quantitative estimate of drug-likeness (QED) is 0.543. The van der Waals surface area contributed by atoms with E-state index in [-0.39, 0.29) is 12.5 Å². The average molecular weight is 301 g/mol. The molecule has 20 heavy (non-hydrogen) atoms. The molecule has 6 heteroatoms. The molecule has 5 nitrogen and oxygen atoms in total. The summed E-state index contributed by atoms with van der Waals surface area (Å²) in [7, 11) is 0. The summed E-state index contributed by atoms with van der Waals surface area (Å²) in [6.45, 7) is 3.67. The smallest absolute Gasteiger partial charge is 0.250 e. The van der Waals surface area contributed by atoms with E-state index in [0.29, 0.717) is 29.6 Å². The van der Waals surface area contributed by atoms with Gasteiger partial charge in [-0.15, -0.1) is 0 Å². The third-order valence-electron chi connectivity index (χ3n) is 2.51. The maximum atomic E-state index is 11.6. The van der Waals surface area contributed by atoms with E-state index >= 15 is 0 Å². The molecule has 112 valence electrons. The van der Waals surface area contributed by atoms with Crippen molar-refractivity contribution in [2.45, 2.75) is 19.8 Å². The lowest BCUT2D eigenvalue weighted by atomic mass is 10.3. The number of hydrogen-bond donors (Lipinski definition) is 2. The molecule has 1 aromatic rings. The lowest BCUT2D eigenvalue weighted by Gasteiger charge is -2.09. The fraction of sp³-hybridized carbons (Fsp3) is 0.500. The van der Waals surface area contributed by atoms with Crippen LogP contribution in [0.1, 0.15) is 19.8 Å². The molecule has 0 fully saturated rings. The van der Waals surface area contributed by atoms with Crippen LogP contribution in [-0.4, -0.2) is 32.3 Å². The minimum absolute atomic E-state index is 0.0394. The first-order valence-corrected chi connectivity index (χ1v) is 7.01. The predicted molar refractivity (Wildman–Crippen MR) is 81.0 cm³/mol. The van der Waals surface area contributed by atoms with Crippen LogP contribution in [0.2, 0.25) is 5.02 Å². The van der Waals surface area contributed by atoms with Crippen molar-refractivity contribution in [3.05, 3.63) is 23.2 Å². The highest BCUT2D eigenvalue weighted by Crippen LogP contribution is 2.23. The highest BCUT2D eigenvalue weighted by Gasteiger charge is 2.06. The maximum Gasteiger partial charge on any atom is 0.250 e. The minimum Gasteiger partial charge on any atom is -0.399 e. The van der Waals surface area contributed by atoms with E-state index < -0.39 is 0 Å². The van der Waals surface area contributed by atoms with Gasteiger partial charge in [0.15, 0.2) is 0 Å². The summed E-state index contributed by atoms with van der Waals surface area (Å²) in [6, 6.07) is 4.91. The van der Waals surface area contributed by atoms with E-state index in [1.54, 1.807) is 18.2 Å². The molecule has 0 bridgehead atoms. The van der Waals surface area contributed by atoms with Gasteiger partial charge in [-0.2, -0.15) is 0 Å². The monoisotopic (exact) mass is 300 g/mol. The van der Waals surface area contributed by atoms with Crippen molar-refractivity contribution in [1.82, 2.24) is 0 Å². The normalized spacial score (nSPS) is 10.5. The zero-order valence-electron chi connectivity index (χ0n) is 11.7. The second-order valence-corrected chi connectivity index (χ2v) is 4.71. The summed E-state index contributed by atoms with van der Waals surface area (Å²) in [5.41, 5.74) is 6.65. The molecule has 0 aliphatic carbocycles. The third kappa shape index (κ3) is 6.75. The molecule has 0 aliphatic heterocycles. The topological polar surface area (TPSA) is 73.6 Å². The lowest BCUT2D eigenvalue weighted by Crippen LogP contribution is -2.20. The van der Waals surface area contributed by atoms with Crippen LogP contribution in [0, 0.1) is 0 Å². The fourth-order valence-corrected chi connectivity index (χ4v) is 1.62. The first-order valence-electron chi connectivity index (χ1n) is 6.64. The Kier molecular flexibility index (Phi) is 8.02. The first-order chi connectivity index (χ1) is 9.63. The molecule has 0 unspecified atom stereocenters. The number of nitrogen functional groups attached to an aromatic ring is 1. The molecule has 1 amide bonds. The molecule has 0 atom stereocenters. The van der Waals surface area contributed by atoms with Gasteiger partial charge < -0.3 is 20.5 Å². The molecule has 0 saturated carbocycles. The highest BCUT2D eigenvalue weighted by atomic mass is 35.5. The Morgan fingerprint density at radius 2 is 2.05 bits per heavy atom. The van der Waals surface area contributed by atoms with Crippen LogP contribution in [0.3, 0.4) is 0 Å². The zero-order valence-corrected chi connectivity index (χ0v) is 12.4. The van der Waals surface area contributed by atoms with Gasteiger partial charge in [0.25, 0.3) is 0 Å². The van der Waals surface area contributed by atoms with Crippen LogP contribution >= 0.6 is 11.6 Å². The van der Waals surface area contributed by atoms with Crippen molar-refractivity contribution in [3.8, 4) is 0 Å². The number of ether oxygens (including phenoxy) is 2. The van der Waals surface area contributed by atoms with Gasteiger partial charge >= 0.3 is 0 Å². The number of nitrogens with one attached hydrogen (secondary N) is 1. The Labute approximate surface area is 124 Å². The molecule has 0 spiro atoms. The average Bonchev–Trinajstić information content (AvgIpc) is 2.42. The summed E-state index contributed by atoms with van der Waals surface area (Å²) in [5.74, 6) is -0.272. The van der Waals surface area contributed by atoms with E-state index in [1.807, 2.05) is 0 Å². The van der Waals surface area contributed by atoms with Gasteiger partial charge in [-0.25, -0.2) is 0 Å². The maximum absolute atomic E-state index is 11.6. The number of halogens is 1. The molecule has 3 N–H and O–H groups in total. The lowest BCUT2D eigenvalue weighted by molar-refractivity contribution is -0.121. The van der Waals surface area contributed by atoms with E-state index in [9.17, 15) is 4.79 Å². The number of anilines is 2. The summed E-state index contributed by atoms with van der Waals surface area (Å²) in [6.07, 6.45) is 2.14. The number of carbonyl (C=O) groups is 1. The number of benzene rings is 1. The van der Waals surface area contributed by atoms with Gasteiger partial charge in [-0.3, -0.25) is 4.79 Å². The molecule has 0 aromatic heterocycles. The zero-order chi connectivity index (χ0) is 14.8. The Morgan fingerprint density at radius 3 is 2.80 bits per heavy atom. The van der Waals surface area contributed by atoms with Crippen molar-refractivity contribution in [2.75, 3.05) is 37.5 Å².